The van der Waals surface area contributed by atoms with Crippen molar-refractivity contribution in [2.45, 2.75) is 5.92 Å². The third-order valence-electron chi connectivity index (χ3n) is 4.48. The highest BCUT2D eigenvalue weighted by atomic mass is 35.5. The van der Waals surface area contributed by atoms with E-state index in [9.17, 15) is 9.59 Å². The van der Waals surface area contributed by atoms with E-state index in [-0.39, 0.29) is 11.7 Å². The molecule has 0 heterocycles. The summed E-state index contributed by atoms with van der Waals surface area (Å²) >= 11 is 12.4. The number of amides is 1. The van der Waals surface area contributed by atoms with Crippen LogP contribution in [0.15, 0.2) is 77.8 Å². The van der Waals surface area contributed by atoms with Crippen LogP contribution >= 0.6 is 23.2 Å². The summed E-state index contributed by atoms with van der Waals surface area (Å²) in [6, 6.07) is 21.0. The molecule has 3 aromatic carbocycles. The van der Waals surface area contributed by atoms with Crippen LogP contribution in [-0.4, -0.2) is 37.0 Å². The zero-order valence-corrected chi connectivity index (χ0v) is 18.1. The Labute approximate surface area is 185 Å². The molecule has 4 nitrogen and oxygen atoms in total. The molecule has 0 bridgehead atoms. The van der Waals surface area contributed by atoms with Crippen molar-refractivity contribution in [2.24, 2.45) is 4.99 Å². The first-order valence-electron chi connectivity index (χ1n) is 9.26. The van der Waals surface area contributed by atoms with Gasteiger partial charge in [0.1, 0.15) is 0 Å². The largest absolute Gasteiger partial charge is 0.369 e. The first-order valence-corrected chi connectivity index (χ1v) is 10.0. The molecule has 0 spiro atoms. The first-order chi connectivity index (χ1) is 14.4. The molecule has 1 amide bonds. The van der Waals surface area contributed by atoms with Crippen molar-refractivity contribution in [1.29, 1.82) is 0 Å². The van der Waals surface area contributed by atoms with Gasteiger partial charge in [-0.05, 0) is 23.3 Å². The number of halogens is 2. The van der Waals surface area contributed by atoms with Crippen LogP contribution in [0.2, 0.25) is 10.0 Å². The molecule has 152 valence electrons. The van der Waals surface area contributed by atoms with Crippen molar-refractivity contribution < 1.29 is 9.59 Å². The van der Waals surface area contributed by atoms with Crippen molar-refractivity contribution in [1.82, 2.24) is 4.90 Å². The Balaban J connectivity index is 1.99. The van der Waals surface area contributed by atoms with E-state index in [1.165, 1.54) is 6.34 Å². The molecule has 3 rings (SSSR count). The summed E-state index contributed by atoms with van der Waals surface area (Å²) in [5.74, 6) is -1.16. The lowest BCUT2D eigenvalue weighted by atomic mass is 9.89. The van der Waals surface area contributed by atoms with Crippen molar-refractivity contribution in [3.8, 4) is 0 Å². The minimum absolute atomic E-state index is 0.0832. The number of carbonyl (C=O) groups is 2. The minimum Gasteiger partial charge on any atom is -0.369 e. The molecular weight excluding hydrogens is 419 g/mol. The highest BCUT2D eigenvalue weighted by Gasteiger charge is 2.25. The fraction of sp³-hybridized carbons (Fsp3) is 0.125. The summed E-state index contributed by atoms with van der Waals surface area (Å²) in [4.78, 5) is 31.3. The second kappa shape index (κ2) is 9.70. The summed E-state index contributed by atoms with van der Waals surface area (Å²) in [5, 5.41) is 0.862. The van der Waals surface area contributed by atoms with Gasteiger partial charge in [0.2, 0.25) is 0 Å². The molecule has 0 saturated heterocycles. The van der Waals surface area contributed by atoms with Crippen LogP contribution in [0.5, 0.6) is 0 Å². The smallest absolute Gasteiger partial charge is 0.259 e. The Hall–Kier alpha value is -2.95. The summed E-state index contributed by atoms with van der Waals surface area (Å²) in [7, 11) is 3.57. The average molecular weight is 439 g/mol. The molecule has 0 aliphatic rings. The van der Waals surface area contributed by atoms with Gasteiger partial charge in [0.05, 0.1) is 12.3 Å². The van der Waals surface area contributed by atoms with Crippen LogP contribution in [0, 0.1) is 0 Å². The maximum atomic E-state index is 12.9. The molecular formula is C24H20Cl2N2O2. The number of benzene rings is 3. The zero-order chi connectivity index (χ0) is 21.7. The molecule has 0 aliphatic heterocycles. The molecule has 0 aromatic heterocycles. The van der Waals surface area contributed by atoms with Gasteiger partial charge >= 0.3 is 0 Å². The predicted molar refractivity (Wildman–Crippen MR) is 122 cm³/mol. The number of nitrogens with zero attached hydrogens (tertiary/aromatic N) is 2. The molecule has 6 heteroatoms. The molecule has 0 aliphatic carbocycles. The third kappa shape index (κ3) is 5.15. The van der Waals surface area contributed by atoms with E-state index in [0.717, 1.165) is 0 Å². The standard InChI is InChI=1S/C24H20Cl2N2O2/c1-28(2)15-27-24(30)22(20-13-12-19(25)14-21(20)26)16-8-10-18(11-9-16)23(29)17-6-4-3-5-7-17/h3-15,22H,1-2H3/t22-/m1/s1. The van der Waals surface area contributed by atoms with E-state index in [2.05, 4.69) is 4.99 Å². The van der Waals surface area contributed by atoms with Crippen molar-refractivity contribution in [2.75, 3.05) is 14.1 Å². The molecule has 0 unspecified atom stereocenters. The van der Waals surface area contributed by atoms with E-state index in [0.29, 0.717) is 32.3 Å². The van der Waals surface area contributed by atoms with Gasteiger partial charge < -0.3 is 4.90 Å². The maximum Gasteiger partial charge on any atom is 0.259 e. The highest BCUT2D eigenvalue weighted by Crippen LogP contribution is 2.33. The molecule has 0 fully saturated rings. The number of ketones is 1. The molecule has 0 N–H and O–H groups in total. The lowest BCUT2D eigenvalue weighted by molar-refractivity contribution is -0.118. The Kier molecular flexibility index (Phi) is 7.03. The summed E-state index contributed by atoms with van der Waals surface area (Å²) < 4.78 is 0. The second-order valence-corrected chi connectivity index (χ2v) is 7.81. The van der Waals surface area contributed by atoms with Gasteiger partial charge in [-0.25, -0.2) is 4.99 Å². The van der Waals surface area contributed by atoms with Crippen LogP contribution in [0.3, 0.4) is 0 Å². The summed E-state index contributed by atoms with van der Waals surface area (Å²) in [5.41, 5.74) is 2.43. The van der Waals surface area contributed by atoms with Crippen LogP contribution in [-0.2, 0) is 4.79 Å². The second-order valence-electron chi connectivity index (χ2n) is 6.96. The van der Waals surface area contributed by atoms with E-state index in [4.69, 9.17) is 23.2 Å². The molecule has 3 aromatic rings. The number of aliphatic imine (C=N–C) groups is 1. The van der Waals surface area contributed by atoms with Crippen molar-refractivity contribution in [3.05, 3.63) is 105 Å². The average Bonchev–Trinajstić information content (AvgIpc) is 2.74. The van der Waals surface area contributed by atoms with Gasteiger partial charge in [0.25, 0.3) is 5.91 Å². The van der Waals surface area contributed by atoms with Gasteiger partial charge in [0, 0.05) is 35.3 Å². The lowest BCUT2D eigenvalue weighted by Gasteiger charge is -2.17. The Bertz CT molecular complexity index is 1080. The molecule has 1 atom stereocenters. The Morgan fingerprint density at radius 3 is 2.13 bits per heavy atom. The van der Waals surface area contributed by atoms with Gasteiger partial charge in [0.15, 0.2) is 5.78 Å². The van der Waals surface area contributed by atoms with Crippen LogP contribution in [0.1, 0.15) is 33.0 Å². The van der Waals surface area contributed by atoms with Crippen LogP contribution in [0.25, 0.3) is 0 Å². The quantitative estimate of drug-likeness (QED) is 0.291. The fourth-order valence-corrected chi connectivity index (χ4v) is 3.54. The Morgan fingerprint density at radius 1 is 0.900 bits per heavy atom. The normalized spacial score (nSPS) is 12.0. The Morgan fingerprint density at radius 2 is 1.53 bits per heavy atom. The first kappa shape index (κ1) is 21.8. The summed E-state index contributed by atoms with van der Waals surface area (Å²) in [6.07, 6.45) is 1.45. The number of hydrogen-bond donors (Lipinski definition) is 0. The van der Waals surface area contributed by atoms with Crippen molar-refractivity contribution in [3.63, 3.8) is 0 Å². The van der Waals surface area contributed by atoms with Gasteiger partial charge in [-0.15, -0.1) is 0 Å². The van der Waals surface area contributed by atoms with E-state index < -0.39 is 5.92 Å². The molecule has 0 saturated carbocycles. The predicted octanol–water partition coefficient (Wildman–Crippen LogP) is 5.47. The van der Waals surface area contributed by atoms with E-state index in [1.54, 1.807) is 73.6 Å². The topological polar surface area (TPSA) is 49.7 Å². The lowest BCUT2D eigenvalue weighted by Crippen LogP contribution is -2.16. The van der Waals surface area contributed by atoms with Crippen LogP contribution in [0.4, 0.5) is 0 Å². The molecule has 0 radical (unpaired) electrons. The minimum atomic E-state index is -0.716. The van der Waals surface area contributed by atoms with Gasteiger partial charge in [-0.1, -0.05) is 83.9 Å². The zero-order valence-electron chi connectivity index (χ0n) is 16.5. The number of hydrogen-bond acceptors (Lipinski definition) is 2. The van der Waals surface area contributed by atoms with Crippen molar-refractivity contribution >= 4 is 41.2 Å². The summed E-state index contributed by atoms with van der Waals surface area (Å²) in [6.45, 7) is 0. The van der Waals surface area contributed by atoms with Crippen LogP contribution < -0.4 is 0 Å². The maximum absolute atomic E-state index is 12.9. The number of carbonyl (C=O) groups excluding carboxylic acids is 2. The van der Waals surface area contributed by atoms with E-state index in [1.807, 2.05) is 18.2 Å². The molecule has 30 heavy (non-hydrogen) atoms. The van der Waals surface area contributed by atoms with E-state index >= 15 is 0 Å². The number of rotatable bonds is 6. The van der Waals surface area contributed by atoms with Gasteiger partial charge in [-0.3, -0.25) is 9.59 Å². The van der Waals surface area contributed by atoms with Gasteiger partial charge in [-0.2, -0.15) is 0 Å². The third-order valence-corrected chi connectivity index (χ3v) is 5.04. The highest BCUT2D eigenvalue weighted by molar-refractivity contribution is 6.35. The fourth-order valence-electron chi connectivity index (χ4n) is 3.02. The monoisotopic (exact) mass is 438 g/mol. The SMILES string of the molecule is CN(C)C=NC(=O)[C@H](c1ccc(C(=O)c2ccccc2)cc1)c1ccc(Cl)cc1Cl.